The number of aromatic carboxylic acids is 1. The van der Waals surface area contributed by atoms with E-state index in [4.69, 9.17) is 10.2 Å². The van der Waals surface area contributed by atoms with Crippen LogP contribution in [0.1, 0.15) is 127 Å². The highest BCUT2D eigenvalue weighted by atomic mass is 16.4. The van der Waals surface area contributed by atoms with Gasteiger partial charge in [-0.2, -0.15) is 0 Å². The monoisotopic (exact) mass is 658 g/mol. The Balaban J connectivity index is 0.000000221. The molecule has 2 aliphatic carbocycles. The molecule has 0 aromatic heterocycles. The van der Waals surface area contributed by atoms with Crippen LogP contribution in [-0.2, 0) is 15.6 Å². The summed E-state index contributed by atoms with van der Waals surface area (Å²) in [5, 5.41) is 19.9. The molecule has 0 amide bonds. The van der Waals surface area contributed by atoms with Gasteiger partial charge < -0.3 is 10.2 Å². The number of carboxylic acids is 2. The first-order chi connectivity index (χ1) is 22.9. The normalized spacial score (nSPS) is 18.7. The molecule has 0 spiro atoms. The van der Waals surface area contributed by atoms with Gasteiger partial charge >= 0.3 is 11.9 Å². The van der Waals surface area contributed by atoms with Crippen molar-refractivity contribution in [1.82, 2.24) is 0 Å². The van der Waals surface area contributed by atoms with E-state index in [-0.39, 0.29) is 16.2 Å². The number of carboxylic acid groups (broad SMARTS) is 2. The lowest BCUT2D eigenvalue weighted by atomic mass is 9.63. The van der Waals surface area contributed by atoms with Gasteiger partial charge in [-0.1, -0.05) is 114 Å². The molecule has 2 aliphatic rings. The summed E-state index contributed by atoms with van der Waals surface area (Å²) in [4.78, 5) is 21.7. The minimum absolute atomic E-state index is 0.206. The number of rotatable bonds is 7. The van der Waals surface area contributed by atoms with Gasteiger partial charge in [-0.15, -0.1) is 0 Å². The van der Waals surface area contributed by atoms with E-state index in [1.807, 2.05) is 30.4 Å². The molecule has 0 heterocycles. The van der Waals surface area contributed by atoms with Crippen molar-refractivity contribution in [1.29, 1.82) is 0 Å². The number of hydrogen-bond donors (Lipinski definition) is 2. The maximum Gasteiger partial charge on any atom is 0.335 e. The smallest absolute Gasteiger partial charge is 0.335 e. The lowest BCUT2D eigenvalue weighted by molar-refractivity contribution is -0.131. The zero-order valence-electron chi connectivity index (χ0n) is 30.9. The summed E-state index contributed by atoms with van der Waals surface area (Å²) in [6.45, 7) is 20.1. The molecule has 0 aliphatic heterocycles. The predicted octanol–water partition coefficient (Wildman–Crippen LogP) is 12.1. The Labute approximate surface area is 293 Å². The van der Waals surface area contributed by atoms with E-state index in [1.165, 1.54) is 71.6 Å². The Hall–Kier alpha value is -4.44. The Morgan fingerprint density at radius 3 is 2.00 bits per heavy atom. The lowest BCUT2D eigenvalue weighted by Crippen LogP contribution is -2.33. The third kappa shape index (κ3) is 9.38. The number of benzene rings is 3. The second-order valence-corrected chi connectivity index (χ2v) is 15.9. The molecule has 0 radical (unpaired) electrons. The van der Waals surface area contributed by atoms with Gasteiger partial charge in [0.2, 0.25) is 0 Å². The molecule has 3 aromatic carbocycles. The summed E-state index contributed by atoms with van der Waals surface area (Å²) in [7, 11) is 0. The van der Waals surface area contributed by atoms with Gasteiger partial charge in [-0.3, -0.25) is 0 Å². The second kappa shape index (κ2) is 15.0. The third-order valence-corrected chi connectivity index (χ3v) is 10.5. The first-order valence-electron chi connectivity index (χ1n) is 17.5. The lowest BCUT2D eigenvalue weighted by Gasteiger charge is -2.42. The summed E-state index contributed by atoms with van der Waals surface area (Å²) in [5.74, 6) is -1.80. The van der Waals surface area contributed by atoms with E-state index < -0.39 is 11.9 Å². The van der Waals surface area contributed by atoms with Crippen LogP contribution in [0.3, 0.4) is 0 Å². The summed E-state index contributed by atoms with van der Waals surface area (Å²) in [5.41, 5.74) is 11.2. The average Bonchev–Trinajstić information content (AvgIpc) is 3.02. The standard InChI is InChI=1S/C23H30O2.C22H24O2/c1-16(14-21(24)25)8-7-9-17(2)18-10-11-19-20(15-18)23(5,6)13-12-22(19,3)4;1-15-5-4-12-22(2,3)20(15)11-7-16-6-8-18-14-19(21(23)24)10-9-17(18)13-16/h7-11,14-15H,12-13H2,1-6H3,(H,24,25);6-11,13-14H,4-5,12H2,1-3H3,(H,23,24). The molecule has 4 nitrogen and oxygen atoms in total. The van der Waals surface area contributed by atoms with Gasteiger partial charge in [0.1, 0.15) is 0 Å². The topological polar surface area (TPSA) is 74.6 Å². The van der Waals surface area contributed by atoms with Crippen LogP contribution >= 0.6 is 0 Å². The van der Waals surface area contributed by atoms with Gasteiger partial charge in [0.15, 0.2) is 0 Å². The quantitative estimate of drug-likeness (QED) is 0.196. The largest absolute Gasteiger partial charge is 0.478 e. The fourth-order valence-electron chi connectivity index (χ4n) is 7.21. The number of carbonyl (C=O) groups is 2. The Kier molecular flexibility index (Phi) is 11.4. The molecular formula is C45H54O4. The highest BCUT2D eigenvalue weighted by molar-refractivity contribution is 5.95. The second-order valence-electron chi connectivity index (χ2n) is 15.9. The molecule has 2 N–H and O–H groups in total. The Bertz CT molecular complexity index is 1890. The summed E-state index contributed by atoms with van der Waals surface area (Å²) >= 11 is 0. The van der Waals surface area contributed by atoms with Crippen LogP contribution in [0.15, 0.2) is 102 Å². The number of fused-ring (bicyclic) bond motifs is 2. The first-order valence-corrected chi connectivity index (χ1v) is 17.5. The van der Waals surface area contributed by atoms with Gasteiger partial charge in [0, 0.05) is 6.08 Å². The van der Waals surface area contributed by atoms with Crippen molar-refractivity contribution < 1.29 is 19.8 Å². The van der Waals surface area contributed by atoms with Crippen molar-refractivity contribution in [3.63, 3.8) is 0 Å². The van der Waals surface area contributed by atoms with Crippen molar-refractivity contribution in [2.24, 2.45) is 5.41 Å². The zero-order chi connectivity index (χ0) is 36.1. The van der Waals surface area contributed by atoms with Gasteiger partial charge in [-0.25, -0.2) is 9.59 Å². The van der Waals surface area contributed by atoms with Crippen LogP contribution in [0.5, 0.6) is 0 Å². The Morgan fingerprint density at radius 2 is 1.35 bits per heavy atom. The van der Waals surface area contributed by atoms with Gasteiger partial charge in [-0.05, 0) is 137 Å². The van der Waals surface area contributed by atoms with Crippen molar-refractivity contribution in [3.8, 4) is 0 Å². The molecule has 0 saturated carbocycles. The minimum atomic E-state index is -0.914. The predicted molar refractivity (Wildman–Crippen MR) is 206 cm³/mol. The van der Waals surface area contributed by atoms with Crippen molar-refractivity contribution in [3.05, 3.63) is 130 Å². The van der Waals surface area contributed by atoms with Crippen LogP contribution in [0, 0.1) is 5.41 Å². The van der Waals surface area contributed by atoms with Gasteiger partial charge in [0.25, 0.3) is 0 Å². The molecule has 49 heavy (non-hydrogen) atoms. The molecule has 3 aromatic rings. The molecule has 0 saturated heterocycles. The number of aliphatic carboxylic acids is 1. The highest BCUT2D eigenvalue weighted by Crippen LogP contribution is 2.46. The first kappa shape index (κ1) is 37.4. The van der Waals surface area contributed by atoms with Crippen LogP contribution in [-0.4, -0.2) is 22.2 Å². The highest BCUT2D eigenvalue weighted by Gasteiger charge is 2.37. The molecule has 4 heteroatoms. The van der Waals surface area contributed by atoms with Crippen molar-refractivity contribution >= 4 is 34.4 Å². The molecule has 5 rings (SSSR count). The summed E-state index contributed by atoms with van der Waals surface area (Å²) < 4.78 is 0. The molecular weight excluding hydrogens is 604 g/mol. The molecule has 0 bridgehead atoms. The van der Waals surface area contributed by atoms with E-state index in [1.54, 1.807) is 19.1 Å². The minimum Gasteiger partial charge on any atom is -0.478 e. The third-order valence-electron chi connectivity index (χ3n) is 10.5. The van der Waals surface area contributed by atoms with E-state index in [2.05, 4.69) is 97.9 Å². The number of hydrogen-bond acceptors (Lipinski definition) is 2. The van der Waals surface area contributed by atoms with E-state index in [9.17, 15) is 9.59 Å². The maximum absolute atomic E-state index is 11.1. The molecule has 0 unspecified atom stereocenters. The fourth-order valence-corrected chi connectivity index (χ4v) is 7.21. The van der Waals surface area contributed by atoms with E-state index in [0.29, 0.717) is 5.56 Å². The zero-order valence-corrected chi connectivity index (χ0v) is 30.9. The Morgan fingerprint density at radius 1 is 0.714 bits per heavy atom. The summed E-state index contributed by atoms with van der Waals surface area (Å²) in [6.07, 6.45) is 17.6. The molecule has 258 valence electrons. The van der Waals surface area contributed by atoms with Crippen LogP contribution < -0.4 is 0 Å². The van der Waals surface area contributed by atoms with E-state index in [0.717, 1.165) is 21.9 Å². The molecule has 0 atom stereocenters. The fraction of sp³-hybridized carbons (Fsp3) is 0.378. The van der Waals surface area contributed by atoms with Crippen molar-refractivity contribution in [2.75, 3.05) is 0 Å². The van der Waals surface area contributed by atoms with Gasteiger partial charge in [0.05, 0.1) is 5.56 Å². The molecule has 0 fully saturated rings. The summed E-state index contributed by atoms with van der Waals surface area (Å²) in [6, 6.07) is 18.3. The van der Waals surface area contributed by atoms with Crippen LogP contribution in [0.25, 0.3) is 22.4 Å². The SMILES string of the molecule is CC(C=CC=C(C)c1ccc2c(c1)C(C)(C)CCC2(C)C)=CC(=O)O.CC1=C(C=Cc2ccc3cc(C(=O)O)ccc3c2)C(C)(C)CCC1. The van der Waals surface area contributed by atoms with E-state index >= 15 is 0 Å². The van der Waals surface area contributed by atoms with Crippen molar-refractivity contribution in [2.45, 2.75) is 105 Å². The van der Waals surface area contributed by atoms with Crippen LogP contribution in [0.2, 0.25) is 0 Å². The van der Waals surface area contributed by atoms with Crippen LogP contribution in [0.4, 0.5) is 0 Å². The number of allylic oxidation sites excluding steroid dienone is 8. The average molecular weight is 659 g/mol. The maximum atomic E-state index is 11.1.